The smallest absolute Gasteiger partial charge is 0.257 e. The number of hydrogen-bond acceptors (Lipinski definition) is 6. The molecule has 0 radical (unpaired) electrons. The fourth-order valence-corrected chi connectivity index (χ4v) is 3.00. The summed E-state index contributed by atoms with van der Waals surface area (Å²) in [5.41, 5.74) is 1.23. The Balaban J connectivity index is 1.80. The highest BCUT2D eigenvalue weighted by Gasteiger charge is 2.22. The SMILES string of the molecule is Cc1cnc(N2CCN(c3ncc(C)c(=O)n3C)CC2)n(C)c1=O. The van der Waals surface area contributed by atoms with Crippen LogP contribution in [0.1, 0.15) is 11.1 Å². The summed E-state index contributed by atoms with van der Waals surface area (Å²) in [4.78, 5) is 37.1. The number of piperazine rings is 1. The van der Waals surface area contributed by atoms with Crippen molar-refractivity contribution in [2.75, 3.05) is 36.0 Å². The zero-order valence-electron chi connectivity index (χ0n) is 14.5. The van der Waals surface area contributed by atoms with Crippen molar-refractivity contribution in [3.63, 3.8) is 0 Å². The predicted octanol–water partition coefficient (Wildman–Crippen LogP) is -0.183. The number of hydrogen-bond donors (Lipinski definition) is 0. The molecule has 0 bridgehead atoms. The molecule has 128 valence electrons. The minimum absolute atomic E-state index is 0.0231. The maximum absolute atomic E-state index is 12.1. The third kappa shape index (κ3) is 2.68. The Hall–Kier alpha value is -2.64. The Morgan fingerprint density at radius 3 is 1.42 bits per heavy atom. The van der Waals surface area contributed by atoms with E-state index in [1.54, 1.807) is 49.5 Å². The van der Waals surface area contributed by atoms with Crippen LogP contribution in [0.25, 0.3) is 0 Å². The summed E-state index contributed by atoms with van der Waals surface area (Å²) >= 11 is 0. The quantitative estimate of drug-likeness (QED) is 0.760. The first-order valence-corrected chi connectivity index (χ1v) is 7.95. The second-order valence-electron chi connectivity index (χ2n) is 6.18. The second-order valence-corrected chi connectivity index (χ2v) is 6.18. The first-order valence-electron chi connectivity index (χ1n) is 7.95. The standard InChI is InChI=1S/C16H22N6O2/c1-11-9-17-15(19(3)13(11)23)21-5-7-22(8-6-21)16-18-10-12(2)14(24)20(16)4/h9-10H,5-8H2,1-4H3. The average molecular weight is 330 g/mol. The Morgan fingerprint density at radius 2 is 1.08 bits per heavy atom. The molecule has 1 aliphatic heterocycles. The lowest BCUT2D eigenvalue weighted by molar-refractivity contribution is 0.596. The third-order valence-corrected chi connectivity index (χ3v) is 4.48. The van der Waals surface area contributed by atoms with Crippen molar-refractivity contribution in [2.24, 2.45) is 14.1 Å². The van der Waals surface area contributed by atoms with Gasteiger partial charge in [0.15, 0.2) is 0 Å². The minimum Gasteiger partial charge on any atom is -0.339 e. The van der Waals surface area contributed by atoms with Crippen LogP contribution >= 0.6 is 0 Å². The molecule has 0 spiro atoms. The highest BCUT2D eigenvalue weighted by atomic mass is 16.1. The van der Waals surface area contributed by atoms with Gasteiger partial charge in [-0.05, 0) is 13.8 Å². The van der Waals surface area contributed by atoms with Gasteiger partial charge in [0, 0.05) is 63.8 Å². The molecule has 0 aliphatic carbocycles. The molecule has 24 heavy (non-hydrogen) atoms. The van der Waals surface area contributed by atoms with E-state index >= 15 is 0 Å². The van der Waals surface area contributed by atoms with Gasteiger partial charge in [0.2, 0.25) is 11.9 Å². The van der Waals surface area contributed by atoms with Crippen LogP contribution < -0.4 is 20.9 Å². The lowest BCUT2D eigenvalue weighted by Gasteiger charge is -2.36. The van der Waals surface area contributed by atoms with Crippen LogP contribution in [-0.2, 0) is 14.1 Å². The largest absolute Gasteiger partial charge is 0.339 e. The maximum atomic E-state index is 12.1. The normalized spacial score (nSPS) is 15.0. The molecule has 0 saturated carbocycles. The van der Waals surface area contributed by atoms with Crippen molar-refractivity contribution in [2.45, 2.75) is 13.8 Å². The summed E-state index contributed by atoms with van der Waals surface area (Å²) < 4.78 is 3.18. The highest BCUT2D eigenvalue weighted by molar-refractivity contribution is 5.39. The Labute approximate surface area is 140 Å². The Kier molecular flexibility index (Phi) is 4.13. The molecule has 0 atom stereocenters. The van der Waals surface area contributed by atoms with E-state index in [1.165, 1.54) is 0 Å². The van der Waals surface area contributed by atoms with Crippen molar-refractivity contribution >= 4 is 11.9 Å². The maximum Gasteiger partial charge on any atom is 0.257 e. The fourth-order valence-electron chi connectivity index (χ4n) is 3.00. The molecule has 0 N–H and O–H groups in total. The van der Waals surface area contributed by atoms with E-state index in [2.05, 4.69) is 19.8 Å². The number of aromatic nitrogens is 4. The van der Waals surface area contributed by atoms with Gasteiger partial charge in [-0.25, -0.2) is 9.97 Å². The van der Waals surface area contributed by atoms with E-state index < -0.39 is 0 Å². The van der Waals surface area contributed by atoms with Gasteiger partial charge in [-0.2, -0.15) is 0 Å². The van der Waals surface area contributed by atoms with Gasteiger partial charge in [-0.15, -0.1) is 0 Å². The van der Waals surface area contributed by atoms with Crippen LogP contribution in [-0.4, -0.2) is 45.3 Å². The molecule has 3 heterocycles. The van der Waals surface area contributed by atoms with Crippen molar-refractivity contribution < 1.29 is 0 Å². The molecule has 8 nitrogen and oxygen atoms in total. The molecule has 2 aromatic heterocycles. The van der Waals surface area contributed by atoms with Crippen LogP contribution in [0.15, 0.2) is 22.0 Å². The predicted molar refractivity (Wildman–Crippen MR) is 92.9 cm³/mol. The van der Waals surface area contributed by atoms with E-state index in [1.807, 2.05) is 0 Å². The molecule has 8 heteroatoms. The first kappa shape index (κ1) is 16.2. The van der Waals surface area contributed by atoms with Gasteiger partial charge in [-0.3, -0.25) is 18.7 Å². The molecule has 0 aromatic carbocycles. The van der Waals surface area contributed by atoms with Crippen LogP contribution in [0.3, 0.4) is 0 Å². The number of nitrogens with zero attached hydrogens (tertiary/aromatic N) is 6. The van der Waals surface area contributed by atoms with Gasteiger partial charge >= 0.3 is 0 Å². The first-order chi connectivity index (χ1) is 11.4. The Morgan fingerprint density at radius 1 is 0.750 bits per heavy atom. The van der Waals surface area contributed by atoms with Crippen molar-refractivity contribution in [1.82, 2.24) is 19.1 Å². The number of aryl methyl sites for hydroxylation is 2. The van der Waals surface area contributed by atoms with Crippen LogP contribution in [0.2, 0.25) is 0 Å². The van der Waals surface area contributed by atoms with E-state index in [-0.39, 0.29) is 11.1 Å². The number of rotatable bonds is 2. The van der Waals surface area contributed by atoms with E-state index in [0.717, 1.165) is 0 Å². The topological polar surface area (TPSA) is 76.3 Å². The summed E-state index contributed by atoms with van der Waals surface area (Å²) in [5.74, 6) is 1.35. The molecule has 0 unspecified atom stereocenters. The number of anilines is 2. The van der Waals surface area contributed by atoms with Gasteiger partial charge in [0.1, 0.15) is 0 Å². The molecule has 1 fully saturated rings. The lowest BCUT2D eigenvalue weighted by Crippen LogP contribution is -2.49. The zero-order valence-corrected chi connectivity index (χ0v) is 14.5. The van der Waals surface area contributed by atoms with E-state index in [9.17, 15) is 9.59 Å². The van der Waals surface area contributed by atoms with Crippen LogP contribution in [0, 0.1) is 13.8 Å². The summed E-state index contributed by atoms with van der Waals surface area (Å²) in [6, 6.07) is 0. The molecule has 1 aliphatic rings. The molecule has 0 amide bonds. The average Bonchev–Trinajstić information content (AvgIpc) is 2.58. The Bertz CT molecular complexity index is 804. The molecular formula is C16H22N6O2. The summed E-state index contributed by atoms with van der Waals surface area (Å²) in [5, 5.41) is 0. The van der Waals surface area contributed by atoms with Gasteiger partial charge in [0.05, 0.1) is 0 Å². The zero-order chi connectivity index (χ0) is 17.4. The highest BCUT2D eigenvalue weighted by Crippen LogP contribution is 2.15. The summed E-state index contributed by atoms with van der Waals surface area (Å²) in [6.07, 6.45) is 3.24. The fraction of sp³-hybridized carbons (Fsp3) is 0.500. The molecule has 1 saturated heterocycles. The van der Waals surface area contributed by atoms with Crippen molar-refractivity contribution in [3.8, 4) is 0 Å². The summed E-state index contributed by atoms with van der Waals surface area (Å²) in [7, 11) is 3.49. The molecule has 3 rings (SSSR count). The van der Waals surface area contributed by atoms with Crippen LogP contribution in [0.4, 0.5) is 11.9 Å². The van der Waals surface area contributed by atoms with Gasteiger partial charge in [-0.1, -0.05) is 0 Å². The van der Waals surface area contributed by atoms with E-state index in [0.29, 0.717) is 49.2 Å². The second kappa shape index (κ2) is 6.10. The van der Waals surface area contributed by atoms with Gasteiger partial charge < -0.3 is 9.80 Å². The lowest BCUT2D eigenvalue weighted by atomic mass is 10.3. The molecular weight excluding hydrogens is 308 g/mol. The molecule has 2 aromatic rings. The van der Waals surface area contributed by atoms with Crippen molar-refractivity contribution in [1.29, 1.82) is 0 Å². The van der Waals surface area contributed by atoms with Crippen LogP contribution in [0.5, 0.6) is 0 Å². The van der Waals surface area contributed by atoms with Crippen molar-refractivity contribution in [3.05, 3.63) is 44.2 Å². The van der Waals surface area contributed by atoms with E-state index in [4.69, 9.17) is 0 Å². The van der Waals surface area contributed by atoms with Gasteiger partial charge in [0.25, 0.3) is 11.1 Å². The third-order valence-electron chi connectivity index (χ3n) is 4.48. The minimum atomic E-state index is -0.0231. The monoisotopic (exact) mass is 330 g/mol. The summed E-state index contributed by atoms with van der Waals surface area (Å²) in [6.45, 7) is 6.39.